The summed E-state index contributed by atoms with van der Waals surface area (Å²) < 4.78 is 0. The third-order valence-corrected chi connectivity index (χ3v) is 3.82. The first kappa shape index (κ1) is 22.6. The van der Waals surface area contributed by atoms with Gasteiger partial charge < -0.3 is 20.8 Å². The van der Waals surface area contributed by atoms with Crippen LogP contribution in [0.25, 0.3) is 0 Å². The average Bonchev–Trinajstić information content (AvgIpc) is 2.56. The fraction of sp³-hybridized carbons (Fsp3) is 0.778. The normalized spacial score (nSPS) is 11.1. The summed E-state index contributed by atoms with van der Waals surface area (Å²) in [5.41, 5.74) is 5.01. The number of amides is 2. The molecule has 0 fully saturated rings. The van der Waals surface area contributed by atoms with Crippen LogP contribution in [0.3, 0.4) is 0 Å². The number of unbranched alkanes of at least 4 members (excludes halogenated alkanes) is 6. The molecule has 0 atom stereocenters. The van der Waals surface area contributed by atoms with Crippen molar-refractivity contribution in [3.63, 3.8) is 0 Å². The first-order valence-corrected chi connectivity index (χ1v) is 9.07. The Kier molecular flexibility index (Phi) is 15.5. The molecule has 140 valence electrons. The largest absolute Gasteiger partial charge is 0.396 e. The van der Waals surface area contributed by atoms with E-state index in [1.54, 1.807) is 4.90 Å². The minimum absolute atomic E-state index is 0.0809. The summed E-state index contributed by atoms with van der Waals surface area (Å²) in [5, 5.41) is 17.8. The van der Waals surface area contributed by atoms with E-state index in [-0.39, 0.29) is 19.1 Å². The molecule has 0 aliphatic rings. The van der Waals surface area contributed by atoms with Gasteiger partial charge in [0.25, 0.3) is 0 Å². The van der Waals surface area contributed by atoms with Crippen LogP contribution in [0.1, 0.15) is 64.2 Å². The topological polar surface area (TPSA) is 104 Å². The van der Waals surface area contributed by atoms with Crippen molar-refractivity contribution in [2.45, 2.75) is 64.2 Å². The first-order chi connectivity index (χ1) is 11.6. The molecule has 0 radical (unpaired) electrons. The lowest BCUT2D eigenvalue weighted by molar-refractivity contribution is -0.131. The molecule has 0 bridgehead atoms. The Bertz CT molecular complexity index is 351. The molecule has 0 aromatic carbocycles. The van der Waals surface area contributed by atoms with Crippen molar-refractivity contribution < 1.29 is 19.8 Å². The van der Waals surface area contributed by atoms with Crippen LogP contribution in [-0.4, -0.2) is 53.2 Å². The van der Waals surface area contributed by atoms with Crippen molar-refractivity contribution in [1.29, 1.82) is 0 Å². The summed E-state index contributed by atoms with van der Waals surface area (Å²) in [5.74, 6) is -0.278. The predicted octanol–water partition coefficient (Wildman–Crippen LogP) is 1.74. The van der Waals surface area contributed by atoms with E-state index >= 15 is 0 Å². The Morgan fingerprint density at radius 2 is 1.38 bits per heavy atom. The van der Waals surface area contributed by atoms with E-state index in [9.17, 15) is 9.59 Å². The molecule has 6 heteroatoms. The number of nitrogens with two attached hydrogens (primary N) is 1. The second-order valence-corrected chi connectivity index (χ2v) is 6.00. The first-order valence-electron chi connectivity index (χ1n) is 9.07. The molecule has 4 N–H and O–H groups in total. The molecule has 24 heavy (non-hydrogen) atoms. The number of carbonyl (C=O) groups is 2. The second kappa shape index (κ2) is 16.5. The molecule has 0 saturated heterocycles. The summed E-state index contributed by atoms with van der Waals surface area (Å²) in [6.07, 6.45) is 12.2. The maximum absolute atomic E-state index is 12.1. The van der Waals surface area contributed by atoms with Crippen LogP contribution in [0, 0.1) is 0 Å². The monoisotopic (exact) mass is 342 g/mol. The number of nitrogens with zero attached hydrogens (tertiary/aromatic N) is 1. The van der Waals surface area contributed by atoms with Crippen LogP contribution in [-0.2, 0) is 9.59 Å². The summed E-state index contributed by atoms with van der Waals surface area (Å²) in [7, 11) is 0. The molecule has 0 aliphatic heterocycles. The van der Waals surface area contributed by atoms with Gasteiger partial charge in [-0.2, -0.15) is 0 Å². The number of hydrogen-bond donors (Lipinski definition) is 3. The van der Waals surface area contributed by atoms with Crippen molar-refractivity contribution in [3.8, 4) is 0 Å². The maximum Gasteiger partial charge on any atom is 0.241 e. The number of rotatable bonds is 16. The summed E-state index contributed by atoms with van der Waals surface area (Å²) in [4.78, 5) is 24.4. The third-order valence-electron chi connectivity index (χ3n) is 3.82. The van der Waals surface area contributed by atoms with Crippen LogP contribution in [0.5, 0.6) is 0 Å². The van der Waals surface area contributed by atoms with Crippen LogP contribution in [0.2, 0.25) is 0 Å². The van der Waals surface area contributed by atoms with Crippen LogP contribution in [0.15, 0.2) is 12.2 Å². The molecule has 0 spiro atoms. The van der Waals surface area contributed by atoms with E-state index in [0.29, 0.717) is 32.4 Å². The third kappa shape index (κ3) is 14.2. The fourth-order valence-electron chi connectivity index (χ4n) is 2.49. The molecular weight excluding hydrogens is 308 g/mol. The minimum Gasteiger partial charge on any atom is -0.396 e. The van der Waals surface area contributed by atoms with Gasteiger partial charge in [-0.1, -0.05) is 31.8 Å². The molecule has 6 nitrogen and oxygen atoms in total. The van der Waals surface area contributed by atoms with Crippen molar-refractivity contribution >= 4 is 11.8 Å². The quantitative estimate of drug-likeness (QED) is 0.293. The van der Waals surface area contributed by atoms with Gasteiger partial charge in [0.15, 0.2) is 0 Å². The Morgan fingerprint density at radius 1 is 0.833 bits per heavy atom. The van der Waals surface area contributed by atoms with E-state index < -0.39 is 5.91 Å². The molecule has 0 saturated carbocycles. The molecular formula is C18H34N2O4. The highest BCUT2D eigenvalue weighted by molar-refractivity contribution is 5.85. The minimum atomic E-state index is -0.397. The zero-order chi connectivity index (χ0) is 18.0. The molecule has 0 aromatic rings. The van der Waals surface area contributed by atoms with Gasteiger partial charge >= 0.3 is 0 Å². The van der Waals surface area contributed by atoms with Crippen LogP contribution in [0.4, 0.5) is 0 Å². The highest BCUT2D eigenvalue weighted by Crippen LogP contribution is 2.10. The predicted molar refractivity (Wildman–Crippen MR) is 95.3 cm³/mol. The molecule has 0 rings (SSSR count). The lowest BCUT2D eigenvalue weighted by atomic mass is 10.1. The van der Waals surface area contributed by atoms with Gasteiger partial charge in [-0.3, -0.25) is 9.59 Å². The number of hydrogen-bond acceptors (Lipinski definition) is 4. The van der Waals surface area contributed by atoms with Gasteiger partial charge in [0.05, 0.1) is 0 Å². The van der Waals surface area contributed by atoms with E-state index in [4.69, 9.17) is 15.9 Å². The van der Waals surface area contributed by atoms with E-state index in [1.165, 1.54) is 6.08 Å². The van der Waals surface area contributed by atoms with Gasteiger partial charge in [-0.25, -0.2) is 0 Å². The number of aliphatic hydroxyl groups excluding tert-OH is 2. The van der Waals surface area contributed by atoms with Crippen molar-refractivity contribution in [2.75, 3.05) is 26.3 Å². The lowest BCUT2D eigenvalue weighted by Gasteiger charge is -2.22. The van der Waals surface area contributed by atoms with E-state index in [1.807, 2.05) is 6.08 Å². The molecule has 0 aromatic heterocycles. The molecule has 0 unspecified atom stereocenters. The Labute approximate surface area is 145 Å². The van der Waals surface area contributed by atoms with Crippen molar-refractivity contribution in [2.24, 2.45) is 5.73 Å². The number of aliphatic hydroxyl groups is 2. The summed E-state index contributed by atoms with van der Waals surface area (Å²) in [6.45, 7) is 1.29. The van der Waals surface area contributed by atoms with Crippen LogP contribution >= 0.6 is 0 Å². The number of allylic oxidation sites excluding steroid dienone is 1. The van der Waals surface area contributed by atoms with Gasteiger partial charge in [-0.15, -0.1) is 0 Å². The molecule has 0 aliphatic carbocycles. The highest BCUT2D eigenvalue weighted by Gasteiger charge is 2.11. The van der Waals surface area contributed by atoms with Gasteiger partial charge in [0.2, 0.25) is 11.8 Å². The highest BCUT2D eigenvalue weighted by atomic mass is 16.3. The van der Waals surface area contributed by atoms with E-state index in [2.05, 4.69) is 0 Å². The van der Waals surface area contributed by atoms with Crippen molar-refractivity contribution in [1.82, 2.24) is 4.90 Å². The fourth-order valence-corrected chi connectivity index (χ4v) is 2.49. The SMILES string of the molecule is NC(=O)C=CCCCCCCCCC(=O)N(CCCO)CCCO. The van der Waals surface area contributed by atoms with Gasteiger partial charge in [0.1, 0.15) is 0 Å². The second-order valence-electron chi connectivity index (χ2n) is 6.00. The lowest BCUT2D eigenvalue weighted by Crippen LogP contribution is -2.33. The Balaban J connectivity index is 3.65. The smallest absolute Gasteiger partial charge is 0.241 e. The van der Waals surface area contributed by atoms with Crippen molar-refractivity contribution in [3.05, 3.63) is 12.2 Å². The average molecular weight is 342 g/mol. The molecule has 2 amide bonds. The zero-order valence-corrected chi connectivity index (χ0v) is 14.8. The molecule has 0 heterocycles. The Hall–Kier alpha value is -1.40. The standard InChI is InChI=1S/C18H34N2O4/c19-17(23)11-7-5-3-1-2-4-6-8-12-18(24)20(13-9-15-21)14-10-16-22/h7,11,21-22H,1-6,8-10,12-16H2,(H2,19,23). The number of carbonyl (C=O) groups excluding carboxylic acids is 2. The summed E-state index contributed by atoms with van der Waals surface area (Å²) in [6, 6.07) is 0. The van der Waals surface area contributed by atoms with Gasteiger partial charge in [-0.05, 0) is 38.2 Å². The maximum atomic E-state index is 12.1. The Morgan fingerprint density at radius 3 is 1.92 bits per heavy atom. The number of primary amides is 1. The summed E-state index contributed by atoms with van der Waals surface area (Å²) >= 11 is 0. The van der Waals surface area contributed by atoms with Gasteiger partial charge in [0, 0.05) is 32.7 Å². The van der Waals surface area contributed by atoms with E-state index in [0.717, 1.165) is 44.9 Å². The zero-order valence-electron chi connectivity index (χ0n) is 14.8. The van der Waals surface area contributed by atoms with Crippen LogP contribution < -0.4 is 5.73 Å².